The zero-order valence-electron chi connectivity index (χ0n) is 15.8. The van der Waals surface area contributed by atoms with E-state index in [0.29, 0.717) is 6.54 Å². The fourth-order valence-corrected chi connectivity index (χ4v) is 2.60. The molecule has 2 rings (SSSR count). The highest BCUT2D eigenvalue weighted by Crippen LogP contribution is 2.10. The number of carbonyl (C=O) groups is 1. The molecule has 27 heavy (non-hydrogen) atoms. The summed E-state index contributed by atoms with van der Waals surface area (Å²) in [7, 11) is 3.69. The summed E-state index contributed by atoms with van der Waals surface area (Å²) in [5.41, 5.74) is 2.98. The molecule has 2 N–H and O–H groups in total. The normalized spacial score (nSPS) is 10.7. The van der Waals surface area contributed by atoms with Gasteiger partial charge >= 0.3 is 0 Å². The summed E-state index contributed by atoms with van der Waals surface area (Å²) in [6.07, 6.45) is 0.837. The van der Waals surface area contributed by atoms with Crippen molar-refractivity contribution >= 4 is 41.5 Å². The van der Waals surface area contributed by atoms with E-state index in [1.54, 1.807) is 19.2 Å². The zero-order chi connectivity index (χ0) is 18.9. The van der Waals surface area contributed by atoms with Gasteiger partial charge in [0.05, 0.1) is 0 Å². The smallest absolute Gasteiger partial charge is 0.221 e. The Labute approximate surface area is 177 Å². The summed E-state index contributed by atoms with van der Waals surface area (Å²) in [4.78, 5) is 17.3. The van der Waals surface area contributed by atoms with Gasteiger partial charge in [0.2, 0.25) is 5.91 Å². The summed E-state index contributed by atoms with van der Waals surface area (Å²) < 4.78 is 13.0. The molecule has 0 aliphatic heterocycles. The van der Waals surface area contributed by atoms with Gasteiger partial charge in [0, 0.05) is 39.8 Å². The van der Waals surface area contributed by atoms with Gasteiger partial charge in [-0.3, -0.25) is 9.79 Å². The molecule has 0 bridgehead atoms. The van der Waals surface area contributed by atoms with Crippen LogP contribution in [-0.2, 0) is 17.8 Å². The predicted molar refractivity (Wildman–Crippen MR) is 119 cm³/mol. The van der Waals surface area contributed by atoms with Crippen LogP contribution in [0.4, 0.5) is 10.1 Å². The standard InChI is InChI=1S/C20H25FN4O.HI/c1-15(26)24-19-10-6-16(7-11-19)12-13-23-20(22-2)25(3)14-17-4-8-18(21)9-5-17;/h4-11H,12-14H2,1-3H3,(H,22,23)(H,24,26);1H. The topological polar surface area (TPSA) is 56.7 Å². The van der Waals surface area contributed by atoms with Gasteiger partial charge < -0.3 is 15.5 Å². The molecule has 146 valence electrons. The van der Waals surface area contributed by atoms with Gasteiger partial charge in [0.15, 0.2) is 5.96 Å². The van der Waals surface area contributed by atoms with Crippen molar-refractivity contribution < 1.29 is 9.18 Å². The summed E-state index contributed by atoms with van der Waals surface area (Å²) >= 11 is 0. The Bertz CT molecular complexity index is 748. The second-order valence-corrected chi connectivity index (χ2v) is 6.08. The van der Waals surface area contributed by atoms with E-state index in [4.69, 9.17) is 0 Å². The fourth-order valence-electron chi connectivity index (χ4n) is 2.60. The molecule has 0 spiro atoms. The number of amides is 1. The first kappa shape index (κ1) is 22.9. The van der Waals surface area contributed by atoms with Crippen molar-refractivity contribution in [1.82, 2.24) is 10.2 Å². The molecule has 0 unspecified atom stereocenters. The first-order valence-corrected chi connectivity index (χ1v) is 8.50. The highest BCUT2D eigenvalue weighted by Gasteiger charge is 2.06. The van der Waals surface area contributed by atoms with Crippen LogP contribution >= 0.6 is 24.0 Å². The van der Waals surface area contributed by atoms with Crippen LogP contribution in [0.3, 0.4) is 0 Å². The van der Waals surface area contributed by atoms with Gasteiger partial charge in [0.25, 0.3) is 0 Å². The minimum absolute atomic E-state index is 0. The van der Waals surface area contributed by atoms with Gasteiger partial charge in [-0.25, -0.2) is 4.39 Å². The first-order chi connectivity index (χ1) is 12.5. The molecule has 7 heteroatoms. The molecule has 0 aliphatic carbocycles. The van der Waals surface area contributed by atoms with Crippen molar-refractivity contribution in [3.05, 3.63) is 65.5 Å². The Morgan fingerprint density at radius 1 is 1.07 bits per heavy atom. The molecule has 0 aliphatic rings. The average Bonchev–Trinajstić information content (AvgIpc) is 2.61. The summed E-state index contributed by atoms with van der Waals surface area (Å²) in [5, 5.41) is 6.08. The molecule has 5 nitrogen and oxygen atoms in total. The van der Waals surface area contributed by atoms with Crippen LogP contribution in [0.1, 0.15) is 18.1 Å². The molecule has 1 amide bonds. The number of anilines is 1. The number of hydrogen-bond donors (Lipinski definition) is 2. The highest BCUT2D eigenvalue weighted by atomic mass is 127. The minimum atomic E-state index is -0.233. The maximum absolute atomic E-state index is 13.0. The zero-order valence-corrected chi connectivity index (χ0v) is 18.2. The predicted octanol–water partition coefficient (Wildman–Crippen LogP) is 3.65. The monoisotopic (exact) mass is 484 g/mol. The third kappa shape index (κ3) is 7.94. The molecule has 2 aromatic rings. The van der Waals surface area contributed by atoms with Crippen LogP contribution in [0.2, 0.25) is 0 Å². The molecular weight excluding hydrogens is 458 g/mol. The number of halogens is 2. The van der Waals surface area contributed by atoms with E-state index in [0.717, 1.165) is 30.2 Å². The van der Waals surface area contributed by atoms with Crippen molar-refractivity contribution in [2.75, 3.05) is 26.0 Å². The van der Waals surface area contributed by atoms with Gasteiger partial charge in [-0.05, 0) is 41.8 Å². The highest BCUT2D eigenvalue weighted by molar-refractivity contribution is 14.0. The maximum Gasteiger partial charge on any atom is 0.221 e. The lowest BCUT2D eigenvalue weighted by atomic mass is 10.1. The van der Waals surface area contributed by atoms with Crippen LogP contribution in [0, 0.1) is 5.82 Å². The largest absolute Gasteiger partial charge is 0.356 e. The number of guanidine groups is 1. The second kappa shape index (κ2) is 11.5. The molecule has 0 atom stereocenters. The van der Waals surface area contributed by atoms with Crippen LogP contribution in [0.25, 0.3) is 0 Å². The molecular formula is C20H26FIN4O. The number of rotatable bonds is 6. The third-order valence-corrected chi connectivity index (χ3v) is 3.88. The Kier molecular flexibility index (Phi) is 9.77. The second-order valence-electron chi connectivity index (χ2n) is 6.08. The van der Waals surface area contributed by atoms with Crippen molar-refractivity contribution in [3.63, 3.8) is 0 Å². The number of nitrogens with one attached hydrogen (secondary N) is 2. The lowest BCUT2D eigenvalue weighted by Gasteiger charge is -2.22. The van der Waals surface area contributed by atoms with Crippen LogP contribution < -0.4 is 10.6 Å². The van der Waals surface area contributed by atoms with E-state index in [1.165, 1.54) is 24.6 Å². The quantitative estimate of drug-likeness (QED) is 0.374. The van der Waals surface area contributed by atoms with Gasteiger partial charge in [-0.2, -0.15) is 0 Å². The van der Waals surface area contributed by atoms with Crippen LogP contribution in [0.5, 0.6) is 0 Å². The van der Waals surface area contributed by atoms with E-state index in [1.807, 2.05) is 36.2 Å². The third-order valence-electron chi connectivity index (χ3n) is 3.88. The van der Waals surface area contributed by atoms with Crippen LogP contribution in [0.15, 0.2) is 53.5 Å². The Morgan fingerprint density at radius 3 is 2.22 bits per heavy atom. The Hall–Kier alpha value is -2.16. The first-order valence-electron chi connectivity index (χ1n) is 8.50. The molecule has 0 heterocycles. The molecule has 2 aromatic carbocycles. The number of hydrogen-bond acceptors (Lipinski definition) is 2. The summed E-state index contributed by atoms with van der Waals surface area (Å²) in [6, 6.07) is 14.3. The number of benzene rings is 2. The van der Waals surface area contributed by atoms with Gasteiger partial charge in [-0.15, -0.1) is 24.0 Å². The van der Waals surface area contributed by atoms with Gasteiger partial charge in [0.1, 0.15) is 5.82 Å². The van der Waals surface area contributed by atoms with E-state index in [9.17, 15) is 9.18 Å². The van der Waals surface area contributed by atoms with Crippen molar-refractivity contribution in [1.29, 1.82) is 0 Å². The fraction of sp³-hybridized carbons (Fsp3) is 0.300. The molecule has 0 radical (unpaired) electrons. The van der Waals surface area contributed by atoms with Gasteiger partial charge in [-0.1, -0.05) is 24.3 Å². The van der Waals surface area contributed by atoms with Crippen molar-refractivity contribution in [3.8, 4) is 0 Å². The number of aliphatic imine (C=N–C) groups is 1. The number of nitrogens with zero attached hydrogens (tertiary/aromatic N) is 2. The lowest BCUT2D eigenvalue weighted by Crippen LogP contribution is -2.39. The van der Waals surface area contributed by atoms with Crippen LogP contribution in [-0.4, -0.2) is 37.4 Å². The Morgan fingerprint density at radius 2 is 1.67 bits per heavy atom. The minimum Gasteiger partial charge on any atom is -0.356 e. The molecule has 0 saturated carbocycles. The molecule has 0 fully saturated rings. The molecule has 0 saturated heterocycles. The summed E-state index contributed by atoms with van der Waals surface area (Å²) in [5.74, 6) is 0.472. The average molecular weight is 484 g/mol. The molecule has 0 aromatic heterocycles. The van der Waals surface area contributed by atoms with E-state index >= 15 is 0 Å². The Balaban J connectivity index is 0.00000364. The van der Waals surface area contributed by atoms with E-state index in [-0.39, 0.29) is 35.7 Å². The number of carbonyl (C=O) groups excluding carboxylic acids is 1. The lowest BCUT2D eigenvalue weighted by molar-refractivity contribution is -0.114. The maximum atomic E-state index is 13.0. The van der Waals surface area contributed by atoms with E-state index < -0.39 is 0 Å². The van der Waals surface area contributed by atoms with E-state index in [2.05, 4.69) is 15.6 Å². The SMILES string of the molecule is CN=C(NCCc1ccc(NC(C)=O)cc1)N(C)Cc1ccc(F)cc1.I. The van der Waals surface area contributed by atoms with Crippen molar-refractivity contribution in [2.45, 2.75) is 19.9 Å². The van der Waals surface area contributed by atoms with Crippen molar-refractivity contribution in [2.24, 2.45) is 4.99 Å². The summed E-state index contributed by atoms with van der Waals surface area (Å²) in [6.45, 7) is 2.87.